The van der Waals surface area contributed by atoms with Gasteiger partial charge in [-0.1, -0.05) is 44.5 Å². The zero-order chi connectivity index (χ0) is 18.8. The van der Waals surface area contributed by atoms with Gasteiger partial charge in [0.25, 0.3) is 0 Å². The fourth-order valence-corrected chi connectivity index (χ4v) is 2.80. The van der Waals surface area contributed by atoms with Crippen molar-refractivity contribution >= 4 is 5.96 Å². The fraction of sp³-hybridized carbons (Fsp3) is 0.550. The van der Waals surface area contributed by atoms with E-state index < -0.39 is 0 Å². The smallest absolute Gasteiger partial charge is 0.194 e. The first-order chi connectivity index (χ1) is 12.7. The van der Waals surface area contributed by atoms with Crippen molar-refractivity contribution in [2.75, 3.05) is 20.1 Å². The zero-order valence-electron chi connectivity index (χ0n) is 16.6. The first-order valence-corrected chi connectivity index (χ1v) is 9.56. The third-order valence-corrected chi connectivity index (χ3v) is 4.45. The minimum absolute atomic E-state index is 0.800. The molecule has 0 aliphatic carbocycles. The van der Waals surface area contributed by atoms with Crippen LogP contribution in [0.1, 0.15) is 43.6 Å². The van der Waals surface area contributed by atoms with Crippen LogP contribution in [-0.2, 0) is 19.5 Å². The Morgan fingerprint density at radius 3 is 2.81 bits per heavy atom. The molecule has 0 aliphatic rings. The summed E-state index contributed by atoms with van der Waals surface area (Å²) in [5, 5.41) is 11.6. The number of nitrogens with zero attached hydrogens (tertiary/aromatic N) is 5. The number of nitrogens with one attached hydrogen (secondary N) is 1. The average Bonchev–Trinajstić information content (AvgIpc) is 3.10. The molecule has 0 fully saturated rings. The Balaban J connectivity index is 1.98. The molecule has 1 aromatic heterocycles. The summed E-state index contributed by atoms with van der Waals surface area (Å²) in [7, 11) is 2.10. The molecule has 0 radical (unpaired) electrons. The Labute approximate surface area is 157 Å². The number of aliphatic imine (C=N–C) groups is 1. The van der Waals surface area contributed by atoms with Gasteiger partial charge in [0, 0.05) is 39.6 Å². The highest BCUT2D eigenvalue weighted by atomic mass is 15.3. The number of hydrogen-bond donors (Lipinski definition) is 1. The van der Waals surface area contributed by atoms with Gasteiger partial charge in [0.1, 0.15) is 12.2 Å². The lowest BCUT2D eigenvalue weighted by Gasteiger charge is -2.23. The van der Waals surface area contributed by atoms with E-state index in [4.69, 9.17) is 4.99 Å². The summed E-state index contributed by atoms with van der Waals surface area (Å²) in [4.78, 5) is 6.99. The highest BCUT2D eigenvalue weighted by Crippen LogP contribution is 2.09. The van der Waals surface area contributed by atoms with Gasteiger partial charge in [-0.25, -0.2) is 0 Å². The van der Waals surface area contributed by atoms with Crippen molar-refractivity contribution in [3.05, 3.63) is 47.5 Å². The van der Waals surface area contributed by atoms with Crippen molar-refractivity contribution in [2.45, 2.75) is 53.1 Å². The lowest BCUT2D eigenvalue weighted by molar-refractivity contribution is 0.469. The van der Waals surface area contributed by atoms with E-state index >= 15 is 0 Å². The normalized spacial score (nSPS) is 11.6. The molecular formula is C20H32N6. The van der Waals surface area contributed by atoms with Crippen molar-refractivity contribution in [2.24, 2.45) is 4.99 Å². The lowest BCUT2D eigenvalue weighted by Crippen LogP contribution is -2.40. The maximum Gasteiger partial charge on any atom is 0.194 e. The second-order valence-electron chi connectivity index (χ2n) is 6.56. The molecule has 0 saturated heterocycles. The Kier molecular flexibility index (Phi) is 8.12. The Hall–Kier alpha value is -2.37. The summed E-state index contributed by atoms with van der Waals surface area (Å²) in [6, 6.07) is 8.51. The van der Waals surface area contributed by atoms with E-state index in [9.17, 15) is 0 Å². The van der Waals surface area contributed by atoms with Gasteiger partial charge in [-0.15, -0.1) is 10.2 Å². The van der Waals surface area contributed by atoms with E-state index in [2.05, 4.69) is 77.1 Å². The zero-order valence-corrected chi connectivity index (χ0v) is 16.6. The number of hydrogen-bond acceptors (Lipinski definition) is 3. The summed E-state index contributed by atoms with van der Waals surface area (Å²) < 4.78 is 2.10. The molecule has 2 rings (SSSR count). The minimum Gasteiger partial charge on any atom is -0.354 e. The van der Waals surface area contributed by atoms with Gasteiger partial charge in [-0.05, 0) is 24.5 Å². The Morgan fingerprint density at radius 2 is 2.08 bits per heavy atom. The SMILES string of the molecule is CCCCN=C(NCCn1cnnc1CC)N(C)Cc1ccccc1C. The summed E-state index contributed by atoms with van der Waals surface area (Å²) in [6.07, 6.45) is 4.95. The predicted molar refractivity (Wildman–Crippen MR) is 107 cm³/mol. The molecule has 1 aromatic carbocycles. The molecule has 6 heteroatoms. The van der Waals surface area contributed by atoms with E-state index in [1.165, 1.54) is 11.1 Å². The van der Waals surface area contributed by atoms with E-state index in [0.717, 1.165) is 57.2 Å². The van der Waals surface area contributed by atoms with Gasteiger partial charge in [0.2, 0.25) is 0 Å². The molecule has 0 spiro atoms. The summed E-state index contributed by atoms with van der Waals surface area (Å²) in [5.74, 6) is 1.97. The standard InChI is InChI=1S/C20H32N6/c1-5-7-12-21-20(22-13-14-26-16-23-24-19(26)6-2)25(4)15-18-11-9-8-10-17(18)3/h8-11,16H,5-7,12-15H2,1-4H3,(H,21,22). The predicted octanol–water partition coefficient (Wildman–Crippen LogP) is 3.03. The number of guanidine groups is 1. The number of unbranched alkanes of at least 4 members (excludes halogenated alkanes) is 1. The van der Waals surface area contributed by atoms with Gasteiger partial charge < -0.3 is 14.8 Å². The first kappa shape index (κ1) is 19.9. The van der Waals surface area contributed by atoms with Crippen molar-refractivity contribution in [3.8, 4) is 0 Å². The van der Waals surface area contributed by atoms with Crippen LogP contribution in [0.15, 0.2) is 35.6 Å². The van der Waals surface area contributed by atoms with E-state index in [0.29, 0.717) is 0 Å². The van der Waals surface area contributed by atoms with Crippen LogP contribution < -0.4 is 5.32 Å². The Morgan fingerprint density at radius 1 is 1.27 bits per heavy atom. The molecule has 6 nitrogen and oxygen atoms in total. The number of aryl methyl sites for hydroxylation is 2. The van der Waals surface area contributed by atoms with Crippen molar-refractivity contribution in [3.63, 3.8) is 0 Å². The molecule has 2 aromatic rings. The van der Waals surface area contributed by atoms with Gasteiger partial charge >= 0.3 is 0 Å². The van der Waals surface area contributed by atoms with E-state index in [1.807, 2.05) is 0 Å². The molecule has 0 atom stereocenters. The van der Waals surface area contributed by atoms with Crippen LogP contribution in [0.3, 0.4) is 0 Å². The third kappa shape index (κ3) is 5.86. The first-order valence-electron chi connectivity index (χ1n) is 9.56. The topological polar surface area (TPSA) is 58.3 Å². The number of aromatic nitrogens is 3. The molecule has 0 aliphatic heterocycles. The molecule has 1 heterocycles. The van der Waals surface area contributed by atoms with E-state index in [1.54, 1.807) is 6.33 Å². The second-order valence-corrected chi connectivity index (χ2v) is 6.56. The number of benzene rings is 1. The molecule has 0 saturated carbocycles. The summed E-state index contributed by atoms with van der Waals surface area (Å²) >= 11 is 0. The fourth-order valence-electron chi connectivity index (χ4n) is 2.80. The maximum absolute atomic E-state index is 4.79. The second kappa shape index (κ2) is 10.6. The van der Waals surface area contributed by atoms with Gasteiger partial charge in [-0.2, -0.15) is 0 Å². The van der Waals surface area contributed by atoms with Crippen molar-refractivity contribution in [1.29, 1.82) is 0 Å². The third-order valence-electron chi connectivity index (χ3n) is 4.45. The Bertz CT molecular complexity index is 691. The summed E-state index contributed by atoms with van der Waals surface area (Å²) in [6.45, 7) is 9.78. The molecular weight excluding hydrogens is 324 g/mol. The van der Waals surface area contributed by atoms with Gasteiger partial charge in [0.05, 0.1) is 0 Å². The molecule has 1 N–H and O–H groups in total. The number of rotatable bonds is 9. The molecule has 26 heavy (non-hydrogen) atoms. The monoisotopic (exact) mass is 356 g/mol. The van der Waals surface area contributed by atoms with Crippen molar-refractivity contribution in [1.82, 2.24) is 25.0 Å². The van der Waals surface area contributed by atoms with Crippen LogP contribution in [0.2, 0.25) is 0 Å². The van der Waals surface area contributed by atoms with Crippen LogP contribution in [0.5, 0.6) is 0 Å². The van der Waals surface area contributed by atoms with Crippen molar-refractivity contribution < 1.29 is 0 Å². The quantitative estimate of drug-likeness (QED) is 0.426. The van der Waals surface area contributed by atoms with Gasteiger partial charge in [0.15, 0.2) is 5.96 Å². The van der Waals surface area contributed by atoms with Crippen LogP contribution in [-0.4, -0.2) is 45.8 Å². The van der Waals surface area contributed by atoms with Crippen LogP contribution in [0.25, 0.3) is 0 Å². The molecule has 0 bridgehead atoms. The minimum atomic E-state index is 0.800. The largest absolute Gasteiger partial charge is 0.354 e. The van der Waals surface area contributed by atoms with Crippen LogP contribution >= 0.6 is 0 Å². The van der Waals surface area contributed by atoms with Crippen LogP contribution in [0.4, 0.5) is 0 Å². The molecule has 142 valence electrons. The molecule has 0 unspecified atom stereocenters. The van der Waals surface area contributed by atoms with Crippen LogP contribution in [0, 0.1) is 6.92 Å². The average molecular weight is 357 g/mol. The summed E-state index contributed by atoms with van der Waals surface area (Å²) in [5.41, 5.74) is 2.64. The maximum atomic E-state index is 4.79. The van der Waals surface area contributed by atoms with E-state index in [-0.39, 0.29) is 0 Å². The highest BCUT2D eigenvalue weighted by Gasteiger charge is 2.09. The highest BCUT2D eigenvalue weighted by molar-refractivity contribution is 5.79. The molecule has 0 amide bonds. The van der Waals surface area contributed by atoms with Gasteiger partial charge in [-0.3, -0.25) is 4.99 Å². The lowest BCUT2D eigenvalue weighted by atomic mass is 10.1.